The Morgan fingerprint density at radius 2 is 1.79 bits per heavy atom. The number of aliphatic hydroxyl groups excluding tert-OH is 2. The molecule has 1 unspecified atom stereocenters. The molecular formula is C16H20O3. The normalized spacial score (nSPS) is 14.3. The Balaban J connectivity index is 2.38. The standard InChI is InChI=1S/C16H20O3/c1-11(17)9-10-19-16-14(12(2)18)8-7-13-5-3-4-6-15(13)16/h3-8,11-12,17-18H,9-10H2,1-2H3/t11?,12-/m0/s1. The van der Waals surface area contributed by atoms with Crippen molar-refractivity contribution in [2.75, 3.05) is 6.61 Å². The zero-order chi connectivity index (χ0) is 13.8. The summed E-state index contributed by atoms with van der Waals surface area (Å²) in [5.41, 5.74) is 0.782. The second kappa shape index (κ2) is 6.04. The quantitative estimate of drug-likeness (QED) is 0.868. The number of ether oxygens (including phenoxy) is 1. The van der Waals surface area contributed by atoms with Gasteiger partial charge in [-0.2, -0.15) is 0 Å². The lowest BCUT2D eigenvalue weighted by Gasteiger charge is -2.16. The van der Waals surface area contributed by atoms with E-state index in [1.54, 1.807) is 13.8 Å². The van der Waals surface area contributed by atoms with Crippen LogP contribution in [-0.2, 0) is 0 Å². The number of fused-ring (bicyclic) bond motifs is 1. The lowest BCUT2D eigenvalue weighted by Crippen LogP contribution is -2.09. The van der Waals surface area contributed by atoms with Crippen LogP contribution in [0, 0.1) is 0 Å². The third-order valence-electron chi connectivity index (χ3n) is 3.14. The van der Waals surface area contributed by atoms with Crippen LogP contribution < -0.4 is 4.74 Å². The van der Waals surface area contributed by atoms with E-state index in [0.29, 0.717) is 18.8 Å². The first kappa shape index (κ1) is 13.8. The third-order valence-corrected chi connectivity index (χ3v) is 3.14. The summed E-state index contributed by atoms with van der Waals surface area (Å²) in [6, 6.07) is 11.8. The molecule has 0 heterocycles. The zero-order valence-corrected chi connectivity index (χ0v) is 11.3. The van der Waals surface area contributed by atoms with Crippen molar-refractivity contribution in [3.05, 3.63) is 42.0 Å². The van der Waals surface area contributed by atoms with Crippen LogP contribution >= 0.6 is 0 Å². The van der Waals surface area contributed by atoms with E-state index in [-0.39, 0.29) is 6.10 Å². The van der Waals surface area contributed by atoms with Gasteiger partial charge in [0.15, 0.2) is 0 Å². The summed E-state index contributed by atoms with van der Waals surface area (Å²) in [5.74, 6) is 0.716. The van der Waals surface area contributed by atoms with Crippen molar-refractivity contribution in [1.29, 1.82) is 0 Å². The smallest absolute Gasteiger partial charge is 0.132 e. The average Bonchev–Trinajstić information content (AvgIpc) is 2.38. The minimum atomic E-state index is -0.578. The van der Waals surface area contributed by atoms with Crippen molar-refractivity contribution in [3.63, 3.8) is 0 Å². The molecule has 2 aromatic carbocycles. The highest BCUT2D eigenvalue weighted by Crippen LogP contribution is 2.33. The molecule has 0 aliphatic heterocycles. The Bertz CT molecular complexity index is 547. The van der Waals surface area contributed by atoms with Gasteiger partial charge in [0.25, 0.3) is 0 Å². The fraction of sp³-hybridized carbons (Fsp3) is 0.375. The van der Waals surface area contributed by atoms with Gasteiger partial charge in [0.05, 0.1) is 18.8 Å². The number of rotatable bonds is 5. The molecule has 0 aliphatic rings. The number of aliphatic hydroxyl groups is 2. The predicted molar refractivity (Wildman–Crippen MR) is 76.4 cm³/mol. The Hall–Kier alpha value is -1.58. The van der Waals surface area contributed by atoms with E-state index in [9.17, 15) is 10.2 Å². The minimum absolute atomic E-state index is 0.384. The average molecular weight is 260 g/mol. The fourth-order valence-electron chi connectivity index (χ4n) is 2.08. The molecule has 2 atom stereocenters. The minimum Gasteiger partial charge on any atom is -0.492 e. The highest BCUT2D eigenvalue weighted by molar-refractivity contribution is 5.89. The molecule has 2 aromatic rings. The summed E-state index contributed by atoms with van der Waals surface area (Å²) in [6.45, 7) is 3.90. The first-order valence-corrected chi connectivity index (χ1v) is 6.60. The van der Waals surface area contributed by atoms with Crippen molar-refractivity contribution in [2.24, 2.45) is 0 Å². The maximum absolute atomic E-state index is 9.84. The number of benzene rings is 2. The molecule has 0 spiro atoms. The molecule has 3 nitrogen and oxygen atoms in total. The summed E-state index contributed by atoms with van der Waals surface area (Å²) in [4.78, 5) is 0. The van der Waals surface area contributed by atoms with Gasteiger partial charge >= 0.3 is 0 Å². The van der Waals surface area contributed by atoms with Gasteiger partial charge in [0.2, 0.25) is 0 Å². The van der Waals surface area contributed by atoms with Crippen LogP contribution in [0.4, 0.5) is 0 Å². The summed E-state index contributed by atoms with van der Waals surface area (Å²) < 4.78 is 5.80. The Morgan fingerprint density at radius 1 is 1.05 bits per heavy atom. The van der Waals surface area contributed by atoms with E-state index < -0.39 is 6.10 Å². The largest absolute Gasteiger partial charge is 0.492 e. The first-order chi connectivity index (χ1) is 9.09. The van der Waals surface area contributed by atoms with E-state index in [1.807, 2.05) is 36.4 Å². The predicted octanol–water partition coefficient (Wildman–Crippen LogP) is 3.04. The molecule has 0 saturated carbocycles. The first-order valence-electron chi connectivity index (χ1n) is 6.60. The van der Waals surface area contributed by atoms with Gasteiger partial charge in [-0.25, -0.2) is 0 Å². The highest BCUT2D eigenvalue weighted by Gasteiger charge is 2.13. The second-order valence-electron chi connectivity index (χ2n) is 4.87. The Labute approximate surface area is 113 Å². The van der Waals surface area contributed by atoms with E-state index in [4.69, 9.17) is 4.74 Å². The summed E-state index contributed by atoms with van der Waals surface area (Å²) in [5, 5.41) is 21.2. The monoisotopic (exact) mass is 260 g/mol. The number of hydrogen-bond donors (Lipinski definition) is 2. The van der Waals surface area contributed by atoms with Crippen LogP contribution in [0.5, 0.6) is 5.75 Å². The zero-order valence-electron chi connectivity index (χ0n) is 11.3. The van der Waals surface area contributed by atoms with Crippen LogP contribution in [-0.4, -0.2) is 22.9 Å². The molecule has 0 radical (unpaired) electrons. The van der Waals surface area contributed by atoms with Gasteiger partial charge in [-0.05, 0) is 19.2 Å². The highest BCUT2D eigenvalue weighted by atomic mass is 16.5. The van der Waals surface area contributed by atoms with Crippen molar-refractivity contribution < 1.29 is 14.9 Å². The summed E-state index contributed by atoms with van der Waals surface area (Å²) in [7, 11) is 0. The maximum Gasteiger partial charge on any atom is 0.132 e. The lowest BCUT2D eigenvalue weighted by molar-refractivity contribution is 0.152. The lowest BCUT2D eigenvalue weighted by atomic mass is 10.0. The molecule has 0 aromatic heterocycles. The number of hydrogen-bond acceptors (Lipinski definition) is 3. The molecule has 0 saturated heterocycles. The molecule has 0 bridgehead atoms. The summed E-state index contributed by atoms with van der Waals surface area (Å²) in [6.07, 6.45) is -0.390. The molecule has 2 rings (SSSR count). The van der Waals surface area contributed by atoms with Gasteiger partial charge in [0, 0.05) is 17.4 Å². The molecule has 19 heavy (non-hydrogen) atoms. The van der Waals surface area contributed by atoms with Crippen LogP contribution in [0.3, 0.4) is 0 Å². The van der Waals surface area contributed by atoms with Crippen molar-refractivity contribution in [2.45, 2.75) is 32.5 Å². The second-order valence-corrected chi connectivity index (χ2v) is 4.87. The SMILES string of the molecule is CC(O)CCOc1c([C@H](C)O)ccc2ccccc12. The van der Waals surface area contributed by atoms with Gasteiger partial charge in [-0.3, -0.25) is 0 Å². The molecule has 0 aliphatic carbocycles. The Kier molecular flexibility index (Phi) is 4.40. The van der Waals surface area contributed by atoms with E-state index in [1.165, 1.54) is 0 Å². The van der Waals surface area contributed by atoms with Crippen molar-refractivity contribution >= 4 is 10.8 Å². The Morgan fingerprint density at radius 3 is 2.47 bits per heavy atom. The fourth-order valence-corrected chi connectivity index (χ4v) is 2.08. The molecule has 0 amide bonds. The van der Waals surface area contributed by atoms with E-state index >= 15 is 0 Å². The molecule has 0 fully saturated rings. The van der Waals surface area contributed by atoms with Crippen molar-refractivity contribution in [1.82, 2.24) is 0 Å². The molecule has 102 valence electrons. The van der Waals surface area contributed by atoms with Gasteiger partial charge in [-0.15, -0.1) is 0 Å². The molecule has 2 N–H and O–H groups in total. The summed E-state index contributed by atoms with van der Waals surface area (Å²) >= 11 is 0. The maximum atomic E-state index is 9.84. The third kappa shape index (κ3) is 3.25. The van der Waals surface area contributed by atoms with Gasteiger partial charge in [0.1, 0.15) is 5.75 Å². The van der Waals surface area contributed by atoms with Crippen LogP contribution in [0.25, 0.3) is 10.8 Å². The van der Waals surface area contributed by atoms with Gasteiger partial charge in [-0.1, -0.05) is 36.4 Å². The van der Waals surface area contributed by atoms with E-state index in [2.05, 4.69) is 0 Å². The molecule has 3 heteroatoms. The molecular weight excluding hydrogens is 240 g/mol. The van der Waals surface area contributed by atoms with Crippen molar-refractivity contribution in [3.8, 4) is 5.75 Å². The van der Waals surface area contributed by atoms with Crippen LogP contribution in [0.15, 0.2) is 36.4 Å². The van der Waals surface area contributed by atoms with Crippen LogP contribution in [0.2, 0.25) is 0 Å². The van der Waals surface area contributed by atoms with Gasteiger partial charge < -0.3 is 14.9 Å². The topological polar surface area (TPSA) is 49.7 Å². The van der Waals surface area contributed by atoms with Crippen LogP contribution in [0.1, 0.15) is 31.9 Å². The van der Waals surface area contributed by atoms with E-state index in [0.717, 1.165) is 16.3 Å².